The monoisotopic (exact) mass is 499 g/mol. The molecule has 3 aromatic rings. The van der Waals surface area contributed by atoms with Gasteiger partial charge in [0.25, 0.3) is 0 Å². The normalized spacial score (nSPS) is 10.3. The molecule has 0 aliphatic carbocycles. The summed E-state index contributed by atoms with van der Waals surface area (Å²) in [4.78, 5) is 42.4. The van der Waals surface area contributed by atoms with Gasteiger partial charge < -0.3 is 20.1 Å². The summed E-state index contributed by atoms with van der Waals surface area (Å²) < 4.78 is 10.1. The van der Waals surface area contributed by atoms with Gasteiger partial charge in [-0.1, -0.05) is 35.5 Å². The van der Waals surface area contributed by atoms with Crippen LogP contribution in [0.15, 0.2) is 70.5 Å². The van der Waals surface area contributed by atoms with Crippen molar-refractivity contribution < 1.29 is 23.9 Å². The SMILES string of the molecule is CCOC(=O)c1cc(Sc2ccccc2NC(=O)Nc2ccc(Cl)cc2)cc(C(=O)OCC)n1. The molecule has 2 aromatic carbocycles. The molecule has 176 valence electrons. The van der Waals surface area contributed by atoms with Crippen LogP contribution >= 0.6 is 23.4 Å². The number of pyridine rings is 1. The number of hydrogen-bond acceptors (Lipinski definition) is 7. The van der Waals surface area contributed by atoms with Gasteiger partial charge in [0.1, 0.15) is 11.4 Å². The van der Waals surface area contributed by atoms with Gasteiger partial charge in [0.15, 0.2) is 0 Å². The lowest BCUT2D eigenvalue weighted by atomic mass is 10.3. The maximum absolute atomic E-state index is 12.5. The van der Waals surface area contributed by atoms with Crippen LogP contribution in [0.3, 0.4) is 0 Å². The van der Waals surface area contributed by atoms with Crippen molar-refractivity contribution in [3.05, 3.63) is 77.1 Å². The van der Waals surface area contributed by atoms with E-state index in [4.69, 9.17) is 21.1 Å². The molecule has 1 aromatic heterocycles. The maximum Gasteiger partial charge on any atom is 0.356 e. The molecule has 2 amide bonds. The average Bonchev–Trinajstić information content (AvgIpc) is 2.82. The molecule has 0 radical (unpaired) electrons. The van der Waals surface area contributed by atoms with Crippen molar-refractivity contribution in [2.45, 2.75) is 23.6 Å². The number of anilines is 2. The van der Waals surface area contributed by atoms with Crippen molar-refractivity contribution in [2.24, 2.45) is 0 Å². The van der Waals surface area contributed by atoms with Crippen LogP contribution in [-0.2, 0) is 9.47 Å². The number of carbonyl (C=O) groups excluding carboxylic acids is 3. The lowest BCUT2D eigenvalue weighted by Crippen LogP contribution is -2.19. The summed E-state index contributed by atoms with van der Waals surface area (Å²) in [5, 5.41) is 6.11. The van der Waals surface area contributed by atoms with E-state index in [1.807, 2.05) is 6.07 Å². The fourth-order valence-electron chi connectivity index (χ4n) is 2.79. The third-order valence-corrected chi connectivity index (χ3v) is 5.53. The molecule has 1 heterocycles. The summed E-state index contributed by atoms with van der Waals surface area (Å²) in [5.41, 5.74) is 1.09. The summed E-state index contributed by atoms with van der Waals surface area (Å²) in [6.07, 6.45) is 0. The van der Waals surface area contributed by atoms with Crippen LogP contribution in [0.1, 0.15) is 34.8 Å². The van der Waals surface area contributed by atoms with Gasteiger partial charge in [0.2, 0.25) is 0 Å². The molecule has 0 unspecified atom stereocenters. The number of nitrogens with zero attached hydrogens (tertiary/aromatic N) is 1. The van der Waals surface area contributed by atoms with Crippen molar-refractivity contribution >= 4 is 52.7 Å². The zero-order valence-electron chi connectivity index (χ0n) is 18.5. The Morgan fingerprint density at radius 3 is 2.06 bits per heavy atom. The minimum absolute atomic E-state index is 0.0131. The van der Waals surface area contributed by atoms with E-state index >= 15 is 0 Å². The zero-order valence-corrected chi connectivity index (χ0v) is 20.0. The predicted molar refractivity (Wildman–Crippen MR) is 131 cm³/mol. The van der Waals surface area contributed by atoms with Gasteiger partial charge >= 0.3 is 18.0 Å². The van der Waals surface area contributed by atoms with Crippen LogP contribution in [0.4, 0.5) is 16.2 Å². The number of halogens is 1. The number of para-hydroxylation sites is 1. The van der Waals surface area contributed by atoms with Crippen LogP contribution in [0.25, 0.3) is 0 Å². The molecule has 3 rings (SSSR count). The topological polar surface area (TPSA) is 107 Å². The van der Waals surface area contributed by atoms with E-state index in [0.717, 1.165) is 0 Å². The minimum atomic E-state index is -0.649. The third-order valence-electron chi connectivity index (χ3n) is 4.23. The van der Waals surface area contributed by atoms with Crippen LogP contribution in [0.2, 0.25) is 5.02 Å². The Morgan fingerprint density at radius 1 is 0.882 bits per heavy atom. The molecule has 8 nitrogen and oxygen atoms in total. The molecule has 0 fully saturated rings. The maximum atomic E-state index is 12.5. The molecule has 0 bridgehead atoms. The van der Waals surface area contributed by atoms with E-state index in [-0.39, 0.29) is 24.6 Å². The van der Waals surface area contributed by atoms with Crippen LogP contribution in [-0.4, -0.2) is 36.2 Å². The smallest absolute Gasteiger partial charge is 0.356 e. The largest absolute Gasteiger partial charge is 0.461 e. The van der Waals surface area contributed by atoms with Crippen molar-refractivity contribution in [3.8, 4) is 0 Å². The van der Waals surface area contributed by atoms with Gasteiger partial charge in [-0.15, -0.1) is 0 Å². The molecule has 0 saturated carbocycles. The van der Waals surface area contributed by atoms with E-state index in [0.29, 0.717) is 26.2 Å². The van der Waals surface area contributed by atoms with Crippen LogP contribution < -0.4 is 10.6 Å². The summed E-state index contributed by atoms with van der Waals surface area (Å²) in [6.45, 7) is 3.70. The molecular weight excluding hydrogens is 478 g/mol. The highest BCUT2D eigenvalue weighted by atomic mass is 35.5. The predicted octanol–water partition coefficient (Wildman–Crippen LogP) is 5.88. The number of amides is 2. The quantitative estimate of drug-likeness (QED) is 0.372. The second kappa shape index (κ2) is 12.1. The van der Waals surface area contributed by atoms with E-state index in [2.05, 4.69) is 15.6 Å². The van der Waals surface area contributed by atoms with Crippen molar-refractivity contribution in [1.29, 1.82) is 0 Å². The standard InChI is InChI=1S/C24H22ClN3O5S/c1-3-32-22(29)19-13-17(14-20(27-19)23(30)33-4-2)34-21-8-6-5-7-18(21)28-24(31)26-16-11-9-15(25)10-12-16/h5-14H,3-4H2,1-2H3,(H2,26,28,31). The summed E-state index contributed by atoms with van der Waals surface area (Å²) in [6, 6.07) is 16.5. The van der Waals surface area contributed by atoms with Crippen LogP contribution in [0.5, 0.6) is 0 Å². The first-order valence-corrected chi connectivity index (χ1v) is 11.6. The number of nitrogens with one attached hydrogen (secondary N) is 2. The number of esters is 2. The van der Waals surface area contributed by atoms with Gasteiger partial charge in [0, 0.05) is 20.5 Å². The number of rotatable bonds is 8. The van der Waals surface area contributed by atoms with Crippen molar-refractivity contribution in [2.75, 3.05) is 23.8 Å². The van der Waals surface area contributed by atoms with E-state index in [1.54, 1.807) is 56.3 Å². The zero-order chi connectivity index (χ0) is 24.5. The van der Waals surface area contributed by atoms with E-state index in [9.17, 15) is 14.4 Å². The number of ether oxygens (including phenoxy) is 2. The van der Waals surface area contributed by atoms with Gasteiger partial charge in [-0.3, -0.25) is 0 Å². The van der Waals surface area contributed by atoms with Crippen molar-refractivity contribution in [1.82, 2.24) is 4.98 Å². The molecule has 0 saturated heterocycles. The summed E-state index contributed by atoms with van der Waals surface area (Å²) in [7, 11) is 0. The lowest BCUT2D eigenvalue weighted by molar-refractivity contribution is 0.0510. The lowest BCUT2D eigenvalue weighted by Gasteiger charge is -2.13. The van der Waals surface area contributed by atoms with Gasteiger partial charge in [-0.2, -0.15) is 0 Å². The van der Waals surface area contributed by atoms with Gasteiger partial charge in [-0.25, -0.2) is 19.4 Å². The number of hydrogen-bond donors (Lipinski definition) is 2. The Kier molecular flexibility index (Phi) is 8.89. The summed E-state index contributed by atoms with van der Waals surface area (Å²) in [5.74, 6) is -1.30. The molecule has 2 N–H and O–H groups in total. The molecular formula is C24H22ClN3O5S. The Bertz CT molecular complexity index is 1150. The fraction of sp³-hybridized carbons (Fsp3) is 0.167. The first-order chi connectivity index (χ1) is 16.4. The number of urea groups is 1. The second-order valence-electron chi connectivity index (χ2n) is 6.70. The molecule has 0 aliphatic heterocycles. The summed E-state index contributed by atoms with van der Waals surface area (Å²) >= 11 is 7.13. The molecule has 10 heteroatoms. The van der Waals surface area contributed by atoms with E-state index in [1.165, 1.54) is 23.9 Å². The highest BCUT2D eigenvalue weighted by Gasteiger charge is 2.18. The first-order valence-electron chi connectivity index (χ1n) is 10.4. The Hall–Kier alpha value is -3.56. The minimum Gasteiger partial charge on any atom is -0.461 e. The molecule has 0 spiro atoms. The molecule has 0 aliphatic rings. The third kappa shape index (κ3) is 6.97. The first kappa shape index (κ1) is 25.1. The Labute approximate surface area is 206 Å². The fourth-order valence-corrected chi connectivity index (χ4v) is 3.88. The number of benzene rings is 2. The Morgan fingerprint density at radius 2 is 1.47 bits per heavy atom. The molecule has 0 atom stereocenters. The Balaban J connectivity index is 1.84. The van der Waals surface area contributed by atoms with Gasteiger partial charge in [-0.05, 0) is 62.4 Å². The number of carbonyl (C=O) groups is 3. The van der Waals surface area contributed by atoms with Gasteiger partial charge in [0.05, 0.1) is 18.9 Å². The molecule has 34 heavy (non-hydrogen) atoms. The highest BCUT2D eigenvalue weighted by Crippen LogP contribution is 2.34. The van der Waals surface area contributed by atoms with Crippen LogP contribution in [0, 0.1) is 0 Å². The number of aromatic nitrogens is 1. The highest BCUT2D eigenvalue weighted by molar-refractivity contribution is 7.99. The van der Waals surface area contributed by atoms with Crippen molar-refractivity contribution in [3.63, 3.8) is 0 Å². The van der Waals surface area contributed by atoms with E-state index < -0.39 is 18.0 Å². The second-order valence-corrected chi connectivity index (χ2v) is 8.25. The average molecular weight is 500 g/mol.